The zero-order valence-corrected chi connectivity index (χ0v) is 12.4. The van der Waals surface area contributed by atoms with E-state index in [1.807, 2.05) is 0 Å². The summed E-state index contributed by atoms with van der Waals surface area (Å²) in [6, 6.07) is 0. The van der Waals surface area contributed by atoms with Crippen molar-refractivity contribution < 1.29 is 4.79 Å². The van der Waals surface area contributed by atoms with Crippen LogP contribution < -0.4 is 10.6 Å². The van der Waals surface area contributed by atoms with Crippen LogP contribution in [0.15, 0.2) is 12.4 Å². The molecule has 0 unspecified atom stereocenters. The SMILES string of the molecule is CCC1CCC(CNC(=O)c2cncc(NC)n2)CC1. The van der Waals surface area contributed by atoms with Crippen molar-refractivity contribution in [3.05, 3.63) is 18.1 Å². The predicted octanol–water partition coefficient (Wildman–Crippen LogP) is 2.46. The summed E-state index contributed by atoms with van der Waals surface area (Å²) in [6.45, 7) is 3.01. The number of rotatable bonds is 5. The van der Waals surface area contributed by atoms with Crippen LogP contribution in [-0.4, -0.2) is 29.5 Å². The van der Waals surface area contributed by atoms with Crippen LogP contribution in [0, 0.1) is 11.8 Å². The average Bonchev–Trinajstić information content (AvgIpc) is 2.53. The van der Waals surface area contributed by atoms with Gasteiger partial charge >= 0.3 is 0 Å². The summed E-state index contributed by atoms with van der Waals surface area (Å²) in [4.78, 5) is 20.2. The largest absolute Gasteiger partial charge is 0.372 e. The van der Waals surface area contributed by atoms with Crippen molar-refractivity contribution in [1.29, 1.82) is 0 Å². The minimum Gasteiger partial charge on any atom is -0.372 e. The molecule has 1 aliphatic carbocycles. The number of carbonyl (C=O) groups is 1. The molecule has 0 atom stereocenters. The second kappa shape index (κ2) is 7.22. The second-order valence-electron chi connectivity index (χ2n) is 5.54. The average molecular weight is 276 g/mol. The van der Waals surface area contributed by atoms with Gasteiger partial charge in [-0.2, -0.15) is 0 Å². The van der Waals surface area contributed by atoms with Crippen molar-refractivity contribution in [2.24, 2.45) is 11.8 Å². The number of aromatic nitrogens is 2. The molecular weight excluding hydrogens is 252 g/mol. The third kappa shape index (κ3) is 3.92. The van der Waals surface area contributed by atoms with Crippen molar-refractivity contribution in [2.45, 2.75) is 39.0 Å². The molecule has 1 amide bonds. The molecule has 0 saturated heterocycles. The summed E-state index contributed by atoms with van der Waals surface area (Å²) in [5.41, 5.74) is 0.374. The molecule has 1 aromatic heterocycles. The Morgan fingerprint density at radius 1 is 1.25 bits per heavy atom. The first-order valence-corrected chi connectivity index (χ1v) is 7.51. The molecule has 1 heterocycles. The van der Waals surface area contributed by atoms with Crippen molar-refractivity contribution >= 4 is 11.7 Å². The molecule has 2 rings (SSSR count). The van der Waals surface area contributed by atoms with Crippen LogP contribution >= 0.6 is 0 Å². The van der Waals surface area contributed by atoms with Crippen molar-refractivity contribution in [2.75, 3.05) is 18.9 Å². The summed E-state index contributed by atoms with van der Waals surface area (Å²) in [6.07, 6.45) is 9.43. The van der Waals surface area contributed by atoms with E-state index in [-0.39, 0.29) is 5.91 Å². The third-order valence-corrected chi connectivity index (χ3v) is 4.22. The van der Waals surface area contributed by atoms with E-state index >= 15 is 0 Å². The number of anilines is 1. The molecule has 20 heavy (non-hydrogen) atoms. The lowest BCUT2D eigenvalue weighted by Gasteiger charge is -2.27. The Hall–Kier alpha value is -1.65. The normalized spacial score (nSPS) is 22.3. The van der Waals surface area contributed by atoms with Gasteiger partial charge in [-0.25, -0.2) is 4.98 Å². The topological polar surface area (TPSA) is 66.9 Å². The Morgan fingerprint density at radius 3 is 2.60 bits per heavy atom. The van der Waals surface area contributed by atoms with Crippen molar-refractivity contribution in [3.63, 3.8) is 0 Å². The molecule has 0 spiro atoms. The highest BCUT2D eigenvalue weighted by molar-refractivity contribution is 5.92. The lowest BCUT2D eigenvalue weighted by molar-refractivity contribution is 0.0936. The molecule has 0 radical (unpaired) electrons. The van der Waals surface area contributed by atoms with E-state index in [2.05, 4.69) is 27.5 Å². The van der Waals surface area contributed by atoms with Crippen LogP contribution in [-0.2, 0) is 0 Å². The van der Waals surface area contributed by atoms with Crippen LogP contribution in [0.5, 0.6) is 0 Å². The van der Waals surface area contributed by atoms with Gasteiger partial charge in [-0.15, -0.1) is 0 Å². The number of carbonyl (C=O) groups excluding carboxylic acids is 1. The Balaban J connectivity index is 1.80. The number of nitrogens with zero attached hydrogens (tertiary/aromatic N) is 2. The highest BCUT2D eigenvalue weighted by atomic mass is 16.1. The van der Waals surface area contributed by atoms with Gasteiger partial charge in [-0.1, -0.05) is 26.2 Å². The number of nitrogens with one attached hydrogen (secondary N) is 2. The molecule has 2 N–H and O–H groups in total. The highest BCUT2D eigenvalue weighted by Gasteiger charge is 2.20. The number of hydrogen-bond donors (Lipinski definition) is 2. The van der Waals surface area contributed by atoms with E-state index < -0.39 is 0 Å². The van der Waals surface area contributed by atoms with Crippen LogP contribution in [0.4, 0.5) is 5.82 Å². The van der Waals surface area contributed by atoms with Gasteiger partial charge in [0.15, 0.2) is 0 Å². The first-order valence-electron chi connectivity index (χ1n) is 7.51. The van der Waals surface area contributed by atoms with Crippen LogP contribution in [0.3, 0.4) is 0 Å². The predicted molar refractivity (Wildman–Crippen MR) is 79.7 cm³/mol. The maximum absolute atomic E-state index is 12.0. The highest BCUT2D eigenvalue weighted by Crippen LogP contribution is 2.30. The zero-order chi connectivity index (χ0) is 14.4. The first-order chi connectivity index (χ1) is 9.72. The zero-order valence-electron chi connectivity index (χ0n) is 12.4. The standard InChI is InChI=1S/C15H24N4O/c1-3-11-4-6-12(7-5-11)8-18-15(20)13-9-17-10-14(16-2)19-13/h9-12H,3-8H2,1-2H3,(H,16,19)(H,18,20). The van der Waals surface area contributed by atoms with Crippen molar-refractivity contribution in [1.82, 2.24) is 15.3 Å². The molecule has 110 valence electrons. The van der Waals surface area contributed by atoms with Gasteiger partial charge in [-0.05, 0) is 24.7 Å². The summed E-state index contributed by atoms with van der Waals surface area (Å²) in [5, 5.41) is 5.87. The van der Waals surface area contributed by atoms with Gasteiger partial charge < -0.3 is 10.6 Å². The molecule has 1 fully saturated rings. The van der Waals surface area contributed by atoms with Gasteiger partial charge in [0.05, 0.1) is 12.4 Å². The summed E-state index contributed by atoms with van der Waals surface area (Å²) in [7, 11) is 1.76. The fourth-order valence-electron chi connectivity index (χ4n) is 2.77. The Morgan fingerprint density at radius 2 is 1.95 bits per heavy atom. The molecule has 0 bridgehead atoms. The second-order valence-corrected chi connectivity index (χ2v) is 5.54. The van der Waals surface area contributed by atoms with E-state index in [0.717, 1.165) is 12.5 Å². The first kappa shape index (κ1) is 14.8. The van der Waals surface area contributed by atoms with Crippen LogP contribution in [0.1, 0.15) is 49.5 Å². The number of amides is 1. The lowest BCUT2D eigenvalue weighted by Crippen LogP contribution is -2.31. The molecule has 1 saturated carbocycles. The Labute approximate surface area is 120 Å². The molecule has 5 heteroatoms. The van der Waals surface area contributed by atoms with Gasteiger partial charge in [-0.3, -0.25) is 9.78 Å². The summed E-state index contributed by atoms with van der Waals surface area (Å²) in [5.74, 6) is 1.98. The van der Waals surface area contributed by atoms with Gasteiger partial charge in [0.1, 0.15) is 11.5 Å². The summed E-state index contributed by atoms with van der Waals surface area (Å²) >= 11 is 0. The van der Waals surface area contributed by atoms with Gasteiger partial charge in [0.2, 0.25) is 0 Å². The minimum absolute atomic E-state index is 0.132. The number of hydrogen-bond acceptors (Lipinski definition) is 4. The van der Waals surface area contributed by atoms with E-state index in [9.17, 15) is 4.79 Å². The van der Waals surface area contributed by atoms with Crippen LogP contribution in [0.2, 0.25) is 0 Å². The lowest BCUT2D eigenvalue weighted by atomic mass is 9.81. The molecule has 5 nitrogen and oxygen atoms in total. The fraction of sp³-hybridized carbons (Fsp3) is 0.667. The Kier molecular flexibility index (Phi) is 5.32. The van der Waals surface area contributed by atoms with Gasteiger partial charge in [0.25, 0.3) is 5.91 Å². The molecule has 0 aromatic carbocycles. The van der Waals surface area contributed by atoms with E-state index in [4.69, 9.17) is 0 Å². The molecule has 0 aliphatic heterocycles. The van der Waals surface area contributed by atoms with Gasteiger partial charge in [0, 0.05) is 13.6 Å². The summed E-state index contributed by atoms with van der Waals surface area (Å²) < 4.78 is 0. The van der Waals surface area contributed by atoms with E-state index in [1.165, 1.54) is 38.3 Å². The third-order valence-electron chi connectivity index (χ3n) is 4.22. The van der Waals surface area contributed by atoms with E-state index in [0.29, 0.717) is 17.4 Å². The minimum atomic E-state index is -0.132. The maximum atomic E-state index is 12.0. The quantitative estimate of drug-likeness (QED) is 0.867. The Bertz CT molecular complexity index is 441. The molecule has 1 aliphatic rings. The molecule has 1 aromatic rings. The maximum Gasteiger partial charge on any atom is 0.271 e. The van der Waals surface area contributed by atoms with E-state index in [1.54, 1.807) is 13.2 Å². The van der Waals surface area contributed by atoms with Crippen LogP contribution in [0.25, 0.3) is 0 Å². The fourth-order valence-corrected chi connectivity index (χ4v) is 2.77. The molecular formula is C15H24N4O. The smallest absolute Gasteiger partial charge is 0.271 e. The van der Waals surface area contributed by atoms with Crippen molar-refractivity contribution in [3.8, 4) is 0 Å². The monoisotopic (exact) mass is 276 g/mol.